The third-order valence-electron chi connectivity index (χ3n) is 3.82. The lowest BCUT2D eigenvalue weighted by atomic mass is 10.1. The smallest absolute Gasteiger partial charge is 0.122 e. The number of benzene rings is 2. The maximum atomic E-state index is 5.92. The summed E-state index contributed by atoms with van der Waals surface area (Å²) in [7, 11) is 1.96. The Morgan fingerprint density at radius 3 is 2.41 bits per heavy atom. The Bertz CT molecular complexity index is 756. The van der Waals surface area contributed by atoms with Crippen molar-refractivity contribution < 1.29 is 4.74 Å². The van der Waals surface area contributed by atoms with Crippen molar-refractivity contribution in [3.05, 3.63) is 71.4 Å². The van der Waals surface area contributed by atoms with E-state index in [0.717, 1.165) is 28.3 Å². The van der Waals surface area contributed by atoms with Gasteiger partial charge in [-0.25, -0.2) is 0 Å². The predicted molar refractivity (Wildman–Crippen MR) is 88.9 cm³/mol. The van der Waals surface area contributed by atoms with Crippen molar-refractivity contribution in [3.8, 4) is 17.0 Å². The summed E-state index contributed by atoms with van der Waals surface area (Å²) in [6, 6.07) is 18.5. The molecule has 3 heteroatoms. The van der Waals surface area contributed by atoms with E-state index in [1.54, 1.807) is 0 Å². The van der Waals surface area contributed by atoms with Crippen molar-refractivity contribution >= 4 is 0 Å². The summed E-state index contributed by atoms with van der Waals surface area (Å²) >= 11 is 0. The molecular weight excluding hydrogens is 272 g/mol. The molecule has 0 aliphatic heterocycles. The van der Waals surface area contributed by atoms with Gasteiger partial charge in [-0.3, -0.25) is 4.68 Å². The highest BCUT2D eigenvalue weighted by Gasteiger charge is 2.07. The van der Waals surface area contributed by atoms with E-state index in [-0.39, 0.29) is 0 Å². The SMILES string of the molecule is Cc1cc(-c2cc(C)n(C)n2)ccc1OCc1ccccc1. The average Bonchev–Trinajstić information content (AvgIpc) is 2.86. The van der Waals surface area contributed by atoms with E-state index >= 15 is 0 Å². The van der Waals surface area contributed by atoms with Gasteiger partial charge in [-0.05, 0) is 49.2 Å². The van der Waals surface area contributed by atoms with Gasteiger partial charge in [0.2, 0.25) is 0 Å². The number of ether oxygens (including phenoxy) is 1. The van der Waals surface area contributed by atoms with E-state index in [1.807, 2.05) is 36.0 Å². The van der Waals surface area contributed by atoms with Gasteiger partial charge in [0.25, 0.3) is 0 Å². The summed E-state index contributed by atoms with van der Waals surface area (Å²) in [6.07, 6.45) is 0. The second-order valence-corrected chi connectivity index (χ2v) is 5.55. The molecule has 1 heterocycles. The predicted octanol–water partition coefficient (Wildman–Crippen LogP) is 4.28. The van der Waals surface area contributed by atoms with Gasteiger partial charge in [0, 0.05) is 18.3 Å². The van der Waals surface area contributed by atoms with Gasteiger partial charge in [0.05, 0.1) is 5.69 Å². The molecule has 1 aromatic heterocycles. The van der Waals surface area contributed by atoms with E-state index in [9.17, 15) is 0 Å². The zero-order valence-electron chi connectivity index (χ0n) is 13.2. The van der Waals surface area contributed by atoms with Gasteiger partial charge in [0.15, 0.2) is 0 Å². The van der Waals surface area contributed by atoms with Crippen LogP contribution in [0.3, 0.4) is 0 Å². The van der Waals surface area contributed by atoms with Crippen LogP contribution < -0.4 is 4.74 Å². The zero-order valence-corrected chi connectivity index (χ0v) is 13.2. The first kappa shape index (κ1) is 14.4. The van der Waals surface area contributed by atoms with E-state index < -0.39 is 0 Å². The molecule has 0 aliphatic carbocycles. The van der Waals surface area contributed by atoms with Crippen LogP contribution in [0, 0.1) is 13.8 Å². The molecule has 3 aromatic rings. The lowest BCUT2D eigenvalue weighted by molar-refractivity contribution is 0.304. The number of hydrogen-bond donors (Lipinski definition) is 0. The normalized spacial score (nSPS) is 10.7. The molecule has 0 N–H and O–H groups in total. The van der Waals surface area contributed by atoms with Gasteiger partial charge in [-0.15, -0.1) is 0 Å². The van der Waals surface area contributed by atoms with Crippen LogP contribution in [0.1, 0.15) is 16.8 Å². The van der Waals surface area contributed by atoms with Crippen LogP contribution in [0.2, 0.25) is 0 Å². The minimum Gasteiger partial charge on any atom is -0.489 e. The van der Waals surface area contributed by atoms with Crippen LogP contribution in [-0.4, -0.2) is 9.78 Å². The number of nitrogens with zero attached hydrogens (tertiary/aromatic N) is 2. The van der Waals surface area contributed by atoms with Crippen molar-refractivity contribution in [1.29, 1.82) is 0 Å². The summed E-state index contributed by atoms with van der Waals surface area (Å²) in [5, 5.41) is 4.52. The maximum Gasteiger partial charge on any atom is 0.122 e. The first-order chi connectivity index (χ1) is 10.6. The maximum absolute atomic E-state index is 5.92. The number of hydrogen-bond acceptors (Lipinski definition) is 2. The molecule has 0 unspecified atom stereocenters. The molecule has 3 nitrogen and oxygen atoms in total. The number of rotatable bonds is 4. The molecule has 0 bridgehead atoms. The van der Waals surface area contributed by atoms with E-state index in [1.165, 1.54) is 5.56 Å². The van der Waals surface area contributed by atoms with Crippen molar-refractivity contribution in [3.63, 3.8) is 0 Å². The van der Waals surface area contributed by atoms with Gasteiger partial charge in [-0.1, -0.05) is 30.3 Å². The Labute approximate surface area is 131 Å². The van der Waals surface area contributed by atoms with Crippen molar-refractivity contribution in [2.75, 3.05) is 0 Å². The molecule has 0 aliphatic rings. The Balaban J connectivity index is 1.77. The highest BCUT2D eigenvalue weighted by Crippen LogP contribution is 2.26. The Hall–Kier alpha value is -2.55. The van der Waals surface area contributed by atoms with E-state index in [2.05, 4.69) is 49.3 Å². The van der Waals surface area contributed by atoms with Crippen LogP contribution in [0.4, 0.5) is 0 Å². The second-order valence-electron chi connectivity index (χ2n) is 5.55. The van der Waals surface area contributed by atoms with Crippen LogP contribution in [0.25, 0.3) is 11.3 Å². The fourth-order valence-corrected chi connectivity index (χ4v) is 2.41. The molecule has 0 amide bonds. The van der Waals surface area contributed by atoms with Gasteiger partial charge < -0.3 is 4.74 Å². The third kappa shape index (κ3) is 3.03. The molecule has 2 aromatic carbocycles. The topological polar surface area (TPSA) is 27.1 Å². The highest BCUT2D eigenvalue weighted by atomic mass is 16.5. The van der Waals surface area contributed by atoms with Crippen LogP contribution in [-0.2, 0) is 13.7 Å². The fraction of sp³-hybridized carbons (Fsp3) is 0.211. The quantitative estimate of drug-likeness (QED) is 0.717. The lowest BCUT2D eigenvalue weighted by Crippen LogP contribution is -1.97. The summed E-state index contributed by atoms with van der Waals surface area (Å²) in [4.78, 5) is 0. The minimum atomic E-state index is 0.587. The zero-order chi connectivity index (χ0) is 15.5. The standard InChI is InChI=1S/C19H20N2O/c1-14-11-17(18-12-15(2)21(3)20-18)9-10-19(14)22-13-16-7-5-4-6-8-16/h4-12H,13H2,1-3H3. The largest absolute Gasteiger partial charge is 0.489 e. The molecule has 0 saturated heterocycles. The first-order valence-electron chi connectivity index (χ1n) is 7.42. The summed E-state index contributed by atoms with van der Waals surface area (Å²) in [5.74, 6) is 0.917. The van der Waals surface area contributed by atoms with E-state index in [0.29, 0.717) is 6.61 Å². The van der Waals surface area contributed by atoms with Crippen LogP contribution >= 0.6 is 0 Å². The molecule has 22 heavy (non-hydrogen) atoms. The summed E-state index contributed by atoms with van der Waals surface area (Å²) in [6.45, 7) is 4.71. The molecule has 0 saturated carbocycles. The Morgan fingerprint density at radius 2 is 1.77 bits per heavy atom. The minimum absolute atomic E-state index is 0.587. The monoisotopic (exact) mass is 292 g/mol. The molecule has 0 radical (unpaired) electrons. The third-order valence-corrected chi connectivity index (χ3v) is 3.82. The molecule has 112 valence electrons. The fourth-order valence-electron chi connectivity index (χ4n) is 2.41. The average molecular weight is 292 g/mol. The highest BCUT2D eigenvalue weighted by molar-refractivity contribution is 5.62. The Kier molecular flexibility index (Phi) is 3.96. The van der Waals surface area contributed by atoms with Crippen molar-refractivity contribution in [2.24, 2.45) is 7.05 Å². The van der Waals surface area contributed by atoms with Gasteiger partial charge in [0.1, 0.15) is 12.4 Å². The molecule has 0 spiro atoms. The molecular formula is C19H20N2O. The number of aryl methyl sites for hydroxylation is 3. The second kappa shape index (κ2) is 6.06. The number of aromatic nitrogens is 2. The van der Waals surface area contributed by atoms with Gasteiger partial charge >= 0.3 is 0 Å². The van der Waals surface area contributed by atoms with Crippen LogP contribution in [0.15, 0.2) is 54.6 Å². The van der Waals surface area contributed by atoms with Gasteiger partial charge in [-0.2, -0.15) is 5.10 Å². The molecule has 0 fully saturated rings. The van der Waals surface area contributed by atoms with E-state index in [4.69, 9.17) is 4.74 Å². The summed E-state index contributed by atoms with van der Waals surface area (Å²) < 4.78 is 7.81. The van der Waals surface area contributed by atoms with Crippen molar-refractivity contribution in [1.82, 2.24) is 9.78 Å². The molecule has 3 rings (SSSR count). The Morgan fingerprint density at radius 1 is 1.00 bits per heavy atom. The summed E-state index contributed by atoms with van der Waals surface area (Å²) in [5.41, 5.74) is 5.56. The molecule has 0 atom stereocenters. The first-order valence-corrected chi connectivity index (χ1v) is 7.42. The van der Waals surface area contributed by atoms with Crippen molar-refractivity contribution in [2.45, 2.75) is 20.5 Å². The lowest BCUT2D eigenvalue weighted by Gasteiger charge is -2.10. The van der Waals surface area contributed by atoms with Crippen LogP contribution in [0.5, 0.6) is 5.75 Å².